The number of hydrogen-bond acceptors (Lipinski definition) is 1. The molecule has 0 saturated carbocycles. The van der Waals surface area contributed by atoms with Crippen LogP contribution in [0.1, 0.15) is 91.4 Å². The van der Waals surface area contributed by atoms with Crippen LogP contribution >= 0.6 is 0 Å². The molecule has 0 spiro atoms. The van der Waals surface area contributed by atoms with Gasteiger partial charge in [-0.25, -0.2) is 4.99 Å². The van der Waals surface area contributed by atoms with Crippen molar-refractivity contribution in [3.8, 4) is 0 Å². The Bertz CT molecular complexity index is 370. The van der Waals surface area contributed by atoms with Crippen molar-refractivity contribution >= 4 is 6.34 Å². The molecule has 0 heterocycles. The van der Waals surface area contributed by atoms with E-state index in [0.29, 0.717) is 0 Å². The summed E-state index contributed by atoms with van der Waals surface area (Å²) in [6.45, 7) is 14.6. The highest BCUT2D eigenvalue weighted by atomic mass is 15.2. The average Bonchev–Trinajstić information content (AvgIpc) is 2.58. The van der Waals surface area contributed by atoms with E-state index in [0.717, 1.165) is 0 Å². The molecule has 1 atom stereocenters. The van der Waals surface area contributed by atoms with Crippen molar-refractivity contribution in [1.82, 2.24) is 4.90 Å². The zero-order chi connectivity index (χ0) is 18.1. The number of nitrogens with zero attached hydrogens (tertiary/aromatic N) is 2. The first-order valence-electron chi connectivity index (χ1n) is 9.86. The summed E-state index contributed by atoms with van der Waals surface area (Å²) in [6, 6.07) is 0. The lowest BCUT2D eigenvalue weighted by Gasteiger charge is -2.38. The third-order valence-electron chi connectivity index (χ3n) is 4.71. The Balaban J connectivity index is 4.76. The van der Waals surface area contributed by atoms with Crippen molar-refractivity contribution in [2.45, 2.75) is 96.9 Å². The molecule has 0 aliphatic carbocycles. The molecule has 0 aromatic heterocycles. The molecule has 0 fully saturated rings. The highest BCUT2D eigenvalue weighted by Gasteiger charge is 2.27. The number of unbranched alkanes of at least 4 members (excludes halogenated alkanes) is 7. The molecule has 24 heavy (non-hydrogen) atoms. The molecule has 138 valence electrons. The van der Waals surface area contributed by atoms with E-state index in [-0.39, 0.29) is 5.54 Å². The monoisotopic (exact) mass is 332 g/mol. The van der Waals surface area contributed by atoms with Crippen LogP contribution in [-0.4, -0.2) is 16.8 Å². The SMILES string of the molecule is C=C/C=C\N=CN(C=C)C(C)(CCCCCC)CCCCCCC. The molecule has 0 amide bonds. The van der Waals surface area contributed by atoms with E-state index in [1.165, 1.54) is 70.6 Å². The number of allylic oxidation sites excluding steroid dienone is 2. The van der Waals surface area contributed by atoms with Gasteiger partial charge in [0.15, 0.2) is 0 Å². The molecule has 1 unspecified atom stereocenters. The molecule has 0 rings (SSSR count). The Hall–Kier alpha value is -1.31. The van der Waals surface area contributed by atoms with Gasteiger partial charge in [0.2, 0.25) is 0 Å². The standard InChI is InChI=1S/C22H40N2/c1-6-10-13-15-17-19-22(5,18-16-14-11-7-2)24(9-4)21-23-20-12-8-3/h8-9,12,20-21H,3-4,6-7,10-11,13-19H2,1-2,5H3/b20-12-,23-21?. The van der Waals surface area contributed by atoms with E-state index < -0.39 is 0 Å². The van der Waals surface area contributed by atoms with E-state index in [2.05, 4.69) is 43.8 Å². The molecule has 0 bridgehead atoms. The first-order chi connectivity index (χ1) is 11.6. The van der Waals surface area contributed by atoms with Crippen LogP contribution in [0.3, 0.4) is 0 Å². The van der Waals surface area contributed by atoms with Gasteiger partial charge in [0.1, 0.15) is 0 Å². The summed E-state index contributed by atoms with van der Waals surface area (Å²) < 4.78 is 0. The molecule has 0 aliphatic rings. The summed E-state index contributed by atoms with van der Waals surface area (Å²) in [6.07, 6.45) is 23.4. The van der Waals surface area contributed by atoms with E-state index in [1.54, 1.807) is 12.3 Å². The predicted octanol–water partition coefficient (Wildman–Crippen LogP) is 7.25. The Morgan fingerprint density at radius 2 is 1.42 bits per heavy atom. The molecule has 0 N–H and O–H groups in total. The Morgan fingerprint density at radius 3 is 1.92 bits per heavy atom. The first kappa shape index (κ1) is 22.7. The molecule has 0 radical (unpaired) electrons. The lowest BCUT2D eigenvalue weighted by atomic mass is 9.87. The molecule has 0 aromatic carbocycles. The van der Waals surface area contributed by atoms with E-state index in [1.807, 2.05) is 18.6 Å². The van der Waals surface area contributed by atoms with Crippen molar-refractivity contribution in [3.05, 3.63) is 37.7 Å². The van der Waals surface area contributed by atoms with Crippen molar-refractivity contribution < 1.29 is 0 Å². The molecular formula is C22H40N2. The quantitative estimate of drug-likeness (QED) is 0.126. The maximum Gasteiger partial charge on any atom is 0.0949 e. The van der Waals surface area contributed by atoms with Crippen LogP contribution in [-0.2, 0) is 0 Å². The van der Waals surface area contributed by atoms with Gasteiger partial charge in [0, 0.05) is 11.7 Å². The maximum atomic E-state index is 4.38. The Morgan fingerprint density at radius 1 is 0.875 bits per heavy atom. The predicted molar refractivity (Wildman–Crippen MR) is 110 cm³/mol. The minimum atomic E-state index is 0.118. The number of rotatable bonds is 16. The van der Waals surface area contributed by atoms with E-state index in [4.69, 9.17) is 0 Å². The summed E-state index contributed by atoms with van der Waals surface area (Å²) in [4.78, 5) is 6.59. The van der Waals surface area contributed by atoms with Gasteiger partial charge in [-0.2, -0.15) is 0 Å². The van der Waals surface area contributed by atoms with Gasteiger partial charge < -0.3 is 4.90 Å². The third kappa shape index (κ3) is 10.5. The van der Waals surface area contributed by atoms with Crippen molar-refractivity contribution in [3.63, 3.8) is 0 Å². The summed E-state index contributed by atoms with van der Waals surface area (Å²) in [7, 11) is 0. The van der Waals surface area contributed by atoms with Crippen LogP contribution < -0.4 is 0 Å². The summed E-state index contributed by atoms with van der Waals surface area (Å²) >= 11 is 0. The van der Waals surface area contributed by atoms with Crippen LogP contribution in [0.25, 0.3) is 0 Å². The van der Waals surface area contributed by atoms with Crippen LogP contribution in [0.5, 0.6) is 0 Å². The summed E-state index contributed by atoms with van der Waals surface area (Å²) in [5.41, 5.74) is 0.118. The van der Waals surface area contributed by atoms with Crippen molar-refractivity contribution in [2.75, 3.05) is 0 Å². The van der Waals surface area contributed by atoms with Crippen molar-refractivity contribution in [2.24, 2.45) is 4.99 Å². The zero-order valence-corrected chi connectivity index (χ0v) is 16.5. The third-order valence-corrected chi connectivity index (χ3v) is 4.71. The van der Waals surface area contributed by atoms with Crippen LogP contribution in [0.2, 0.25) is 0 Å². The minimum absolute atomic E-state index is 0.118. The van der Waals surface area contributed by atoms with Crippen LogP contribution in [0.15, 0.2) is 42.7 Å². The van der Waals surface area contributed by atoms with Crippen LogP contribution in [0.4, 0.5) is 0 Å². The van der Waals surface area contributed by atoms with Gasteiger partial charge in [-0.05, 0) is 32.0 Å². The number of hydrogen-bond donors (Lipinski definition) is 0. The van der Waals surface area contributed by atoms with Gasteiger partial charge in [-0.15, -0.1) is 0 Å². The fourth-order valence-corrected chi connectivity index (χ4v) is 3.05. The maximum absolute atomic E-state index is 4.38. The highest BCUT2D eigenvalue weighted by Crippen LogP contribution is 2.28. The molecule has 2 heteroatoms. The van der Waals surface area contributed by atoms with Gasteiger partial charge in [-0.3, -0.25) is 0 Å². The second-order valence-electron chi connectivity index (χ2n) is 6.90. The number of aliphatic imine (C=N–C) groups is 1. The molecule has 0 aliphatic heterocycles. The molecule has 0 saturated heterocycles. The fraction of sp³-hybridized carbons (Fsp3) is 0.682. The topological polar surface area (TPSA) is 15.6 Å². The van der Waals surface area contributed by atoms with E-state index in [9.17, 15) is 0 Å². The normalized spacial score (nSPS) is 14.1. The van der Waals surface area contributed by atoms with Gasteiger partial charge in [0.05, 0.1) is 6.34 Å². The smallest absolute Gasteiger partial charge is 0.0949 e. The van der Waals surface area contributed by atoms with Crippen molar-refractivity contribution in [1.29, 1.82) is 0 Å². The summed E-state index contributed by atoms with van der Waals surface area (Å²) in [5.74, 6) is 0. The first-order valence-corrected chi connectivity index (χ1v) is 9.86. The molecular weight excluding hydrogens is 292 g/mol. The minimum Gasteiger partial charge on any atom is -0.334 e. The lowest BCUT2D eigenvalue weighted by molar-refractivity contribution is 0.211. The molecule has 0 aromatic rings. The highest BCUT2D eigenvalue weighted by molar-refractivity contribution is 5.58. The Labute approximate surface area is 151 Å². The van der Waals surface area contributed by atoms with Gasteiger partial charge in [0.25, 0.3) is 0 Å². The average molecular weight is 333 g/mol. The zero-order valence-electron chi connectivity index (χ0n) is 16.5. The second-order valence-corrected chi connectivity index (χ2v) is 6.90. The van der Waals surface area contributed by atoms with Gasteiger partial charge >= 0.3 is 0 Å². The van der Waals surface area contributed by atoms with E-state index >= 15 is 0 Å². The largest absolute Gasteiger partial charge is 0.334 e. The van der Waals surface area contributed by atoms with Crippen LogP contribution in [0, 0.1) is 0 Å². The fourth-order valence-electron chi connectivity index (χ4n) is 3.05. The summed E-state index contributed by atoms with van der Waals surface area (Å²) in [5, 5.41) is 0. The molecule has 2 nitrogen and oxygen atoms in total. The lowest BCUT2D eigenvalue weighted by Crippen LogP contribution is -2.42. The second kappa shape index (κ2) is 15.2. The van der Waals surface area contributed by atoms with Gasteiger partial charge in [-0.1, -0.05) is 90.9 Å². The Kier molecular flexibility index (Phi) is 14.4.